The van der Waals surface area contributed by atoms with Gasteiger partial charge < -0.3 is 5.11 Å². The van der Waals surface area contributed by atoms with Crippen LogP contribution in [0.5, 0.6) is 0 Å². The molecule has 0 radical (unpaired) electrons. The Morgan fingerprint density at radius 1 is 1.45 bits per heavy atom. The van der Waals surface area contributed by atoms with E-state index < -0.39 is 9.84 Å². The van der Waals surface area contributed by atoms with Crippen LogP contribution in [0, 0.1) is 12.7 Å². The van der Waals surface area contributed by atoms with Crippen LogP contribution in [0.3, 0.4) is 0 Å². The molecule has 1 aromatic carbocycles. The third-order valence-electron chi connectivity index (χ3n) is 3.72. The molecule has 4 nitrogen and oxygen atoms in total. The van der Waals surface area contributed by atoms with E-state index >= 15 is 0 Å². The first-order chi connectivity index (χ1) is 9.41. The summed E-state index contributed by atoms with van der Waals surface area (Å²) in [6, 6.07) is 4.84. The number of aryl methyl sites for hydroxylation is 1. The highest BCUT2D eigenvalue weighted by Gasteiger charge is 2.31. The highest BCUT2D eigenvalue weighted by molar-refractivity contribution is 7.91. The molecule has 0 saturated carbocycles. The Labute approximate surface area is 119 Å². The van der Waals surface area contributed by atoms with E-state index in [9.17, 15) is 12.8 Å². The largest absolute Gasteiger partial charge is 0.395 e. The summed E-state index contributed by atoms with van der Waals surface area (Å²) in [6.45, 7) is 2.64. The molecule has 1 N–H and O–H groups in total. The molecule has 112 valence electrons. The predicted molar refractivity (Wildman–Crippen MR) is 75.7 cm³/mol. The lowest BCUT2D eigenvalue weighted by Crippen LogP contribution is -2.37. The van der Waals surface area contributed by atoms with Crippen LogP contribution in [-0.4, -0.2) is 49.1 Å². The Kier molecular flexibility index (Phi) is 4.78. The van der Waals surface area contributed by atoms with E-state index in [-0.39, 0.29) is 30.0 Å². The van der Waals surface area contributed by atoms with Gasteiger partial charge in [-0.1, -0.05) is 12.1 Å². The van der Waals surface area contributed by atoms with Crippen molar-refractivity contribution < 1.29 is 17.9 Å². The van der Waals surface area contributed by atoms with Gasteiger partial charge in [0, 0.05) is 19.1 Å². The third-order valence-corrected chi connectivity index (χ3v) is 5.47. The molecule has 0 spiro atoms. The first-order valence-corrected chi connectivity index (χ1v) is 8.54. The minimum absolute atomic E-state index is 0.0171. The Bertz CT molecular complexity index is 574. The van der Waals surface area contributed by atoms with Crippen molar-refractivity contribution in [3.05, 3.63) is 35.1 Å². The quantitative estimate of drug-likeness (QED) is 0.885. The van der Waals surface area contributed by atoms with Crippen molar-refractivity contribution in [2.45, 2.75) is 25.9 Å². The standard InChI is InChI=1S/C14H20FNO3S/c1-11-8-12(2-3-14(11)15)9-16(5-6-17)13-4-7-20(18,19)10-13/h2-3,8,13,17H,4-7,9-10H2,1H3. The maximum Gasteiger partial charge on any atom is 0.151 e. The number of benzene rings is 1. The van der Waals surface area contributed by atoms with Gasteiger partial charge in [0.15, 0.2) is 9.84 Å². The van der Waals surface area contributed by atoms with E-state index in [1.807, 2.05) is 4.90 Å². The van der Waals surface area contributed by atoms with Crippen LogP contribution in [0.15, 0.2) is 18.2 Å². The summed E-state index contributed by atoms with van der Waals surface area (Å²) >= 11 is 0. The number of rotatable bonds is 5. The summed E-state index contributed by atoms with van der Waals surface area (Å²) < 4.78 is 36.4. The van der Waals surface area contributed by atoms with E-state index in [4.69, 9.17) is 5.11 Å². The van der Waals surface area contributed by atoms with Crippen LogP contribution in [0.1, 0.15) is 17.5 Å². The van der Waals surface area contributed by atoms with Crippen molar-refractivity contribution in [1.29, 1.82) is 0 Å². The number of sulfone groups is 1. The van der Waals surface area contributed by atoms with Gasteiger partial charge >= 0.3 is 0 Å². The van der Waals surface area contributed by atoms with Crippen LogP contribution in [0.4, 0.5) is 4.39 Å². The van der Waals surface area contributed by atoms with Crippen molar-refractivity contribution in [3.8, 4) is 0 Å². The van der Waals surface area contributed by atoms with E-state index in [2.05, 4.69) is 0 Å². The van der Waals surface area contributed by atoms with Gasteiger partial charge in [0.05, 0.1) is 18.1 Å². The lowest BCUT2D eigenvalue weighted by Gasteiger charge is -2.27. The molecule has 0 amide bonds. The van der Waals surface area contributed by atoms with Gasteiger partial charge in [0.25, 0.3) is 0 Å². The Morgan fingerprint density at radius 2 is 2.20 bits per heavy atom. The zero-order valence-electron chi connectivity index (χ0n) is 11.5. The molecule has 1 aliphatic rings. The van der Waals surface area contributed by atoms with E-state index in [0.717, 1.165) is 5.56 Å². The van der Waals surface area contributed by atoms with Crippen molar-refractivity contribution >= 4 is 9.84 Å². The molecule has 1 heterocycles. The zero-order valence-corrected chi connectivity index (χ0v) is 12.4. The second-order valence-corrected chi connectivity index (χ2v) is 7.56. The lowest BCUT2D eigenvalue weighted by atomic mass is 10.1. The first-order valence-electron chi connectivity index (χ1n) is 6.71. The van der Waals surface area contributed by atoms with Crippen molar-refractivity contribution in [3.63, 3.8) is 0 Å². The maximum atomic E-state index is 13.3. The summed E-state index contributed by atoms with van der Waals surface area (Å²) in [5.41, 5.74) is 1.51. The average Bonchev–Trinajstić information content (AvgIpc) is 2.74. The average molecular weight is 301 g/mol. The molecule has 0 aromatic heterocycles. The SMILES string of the molecule is Cc1cc(CN(CCO)C2CCS(=O)(=O)C2)ccc1F. The predicted octanol–water partition coefficient (Wildman–Crippen LogP) is 1.12. The number of halogens is 1. The molecular weight excluding hydrogens is 281 g/mol. The second-order valence-electron chi connectivity index (χ2n) is 5.33. The Morgan fingerprint density at radius 3 is 2.75 bits per heavy atom. The highest BCUT2D eigenvalue weighted by Crippen LogP contribution is 2.20. The fourth-order valence-corrected chi connectivity index (χ4v) is 4.38. The molecule has 1 unspecified atom stereocenters. The van der Waals surface area contributed by atoms with Crippen molar-refractivity contribution in [2.24, 2.45) is 0 Å². The van der Waals surface area contributed by atoms with E-state index in [1.54, 1.807) is 19.1 Å². The summed E-state index contributed by atoms with van der Waals surface area (Å²) in [5, 5.41) is 9.15. The number of hydrogen-bond acceptors (Lipinski definition) is 4. The number of aliphatic hydroxyl groups is 1. The molecule has 20 heavy (non-hydrogen) atoms. The summed E-state index contributed by atoms with van der Waals surface area (Å²) in [6.07, 6.45) is 0.600. The molecule has 2 rings (SSSR count). The Balaban J connectivity index is 2.11. The minimum Gasteiger partial charge on any atom is -0.395 e. The second kappa shape index (κ2) is 6.20. The first kappa shape index (κ1) is 15.4. The minimum atomic E-state index is -2.95. The van der Waals surface area contributed by atoms with Crippen molar-refractivity contribution in [1.82, 2.24) is 4.90 Å². The van der Waals surface area contributed by atoms with Gasteiger partial charge in [-0.25, -0.2) is 12.8 Å². The zero-order chi connectivity index (χ0) is 14.8. The van der Waals surface area contributed by atoms with Gasteiger partial charge in [-0.05, 0) is 30.5 Å². The normalized spacial score (nSPS) is 21.5. The van der Waals surface area contributed by atoms with Crippen molar-refractivity contribution in [2.75, 3.05) is 24.7 Å². The molecule has 1 saturated heterocycles. The van der Waals surface area contributed by atoms with Gasteiger partial charge in [0.2, 0.25) is 0 Å². The highest BCUT2D eigenvalue weighted by atomic mass is 32.2. The molecule has 0 aliphatic carbocycles. The molecule has 1 fully saturated rings. The summed E-state index contributed by atoms with van der Waals surface area (Å²) in [5.74, 6) is 0.112. The summed E-state index contributed by atoms with van der Waals surface area (Å²) in [4.78, 5) is 1.97. The van der Waals surface area contributed by atoms with Gasteiger partial charge in [-0.3, -0.25) is 4.90 Å². The topological polar surface area (TPSA) is 57.6 Å². The lowest BCUT2D eigenvalue weighted by molar-refractivity contribution is 0.153. The van der Waals surface area contributed by atoms with Crippen LogP contribution in [0.2, 0.25) is 0 Å². The number of nitrogens with zero attached hydrogens (tertiary/aromatic N) is 1. The van der Waals surface area contributed by atoms with Crippen LogP contribution < -0.4 is 0 Å². The monoisotopic (exact) mass is 301 g/mol. The molecular formula is C14H20FNO3S. The maximum absolute atomic E-state index is 13.3. The Hall–Kier alpha value is -0.980. The van der Waals surface area contributed by atoms with E-state index in [0.29, 0.717) is 25.1 Å². The molecule has 6 heteroatoms. The fourth-order valence-electron chi connectivity index (χ4n) is 2.62. The smallest absolute Gasteiger partial charge is 0.151 e. The van der Waals surface area contributed by atoms with Crippen LogP contribution in [0.25, 0.3) is 0 Å². The van der Waals surface area contributed by atoms with Gasteiger partial charge in [-0.2, -0.15) is 0 Å². The molecule has 1 aromatic rings. The molecule has 0 bridgehead atoms. The van der Waals surface area contributed by atoms with Crippen LogP contribution in [-0.2, 0) is 16.4 Å². The molecule has 1 aliphatic heterocycles. The van der Waals surface area contributed by atoms with E-state index in [1.165, 1.54) is 6.07 Å². The fraction of sp³-hybridized carbons (Fsp3) is 0.571. The number of hydrogen-bond donors (Lipinski definition) is 1. The van der Waals surface area contributed by atoms with Crippen LogP contribution >= 0.6 is 0 Å². The molecule has 1 atom stereocenters. The van der Waals surface area contributed by atoms with Gasteiger partial charge in [0.1, 0.15) is 5.82 Å². The summed E-state index contributed by atoms with van der Waals surface area (Å²) in [7, 11) is -2.95. The number of aliphatic hydroxyl groups excluding tert-OH is 1. The van der Waals surface area contributed by atoms with Gasteiger partial charge in [-0.15, -0.1) is 0 Å². The third kappa shape index (κ3) is 3.77.